The highest BCUT2D eigenvalue weighted by Crippen LogP contribution is 2.10. The fourth-order valence-corrected chi connectivity index (χ4v) is 2.10. The van der Waals surface area contributed by atoms with Gasteiger partial charge in [0.2, 0.25) is 0 Å². The molecular weight excluding hydrogens is 354 g/mol. The SMILES string of the molecule is CC.CCc1cccc(CNC(=O)OC(C)(C)C)c1.OCc1cccc(O)c1. The molecule has 1 amide bonds. The molecule has 0 aliphatic heterocycles. The summed E-state index contributed by atoms with van der Waals surface area (Å²) < 4.78 is 5.17. The number of alkyl carbamates (subject to hydrolysis) is 1. The highest BCUT2D eigenvalue weighted by molar-refractivity contribution is 5.67. The molecule has 0 aliphatic rings. The van der Waals surface area contributed by atoms with Crippen LogP contribution in [-0.2, 0) is 24.3 Å². The van der Waals surface area contributed by atoms with E-state index in [1.165, 1.54) is 11.6 Å². The first kappa shape index (κ1) is 25.5. The summed E-state index contributed by atoms with van der Waals surface area (Å²) in [5.74, 6) is 0.196. The van der Waals surface area contributed by atoms with Crippen LogP contribution in [0.2, 0.25) is 0 Å². The maximum Gasteiger partial charge on any atom is 0.407 e. The number of aliphatic hydroxyl groups excluding tert-OH is 1. The standard InChI is InChI=1S/C14H21NO2.C7H8O2.C2H6/c1-5-11-7-6-8-12(9-11)10-15-13(16)17-14(2,3)4;8-5-6-2-1-3-7(9)4-6;1-2/h6-9H,5,10H2,1-4H3,(H,15,16);1-4,8-9H,5H2;1-2H3. The highest BCUT2D eigenvalue weighted by Gasteiger charge is 2.15. The van der Waals surface area contributed by atoms with E-state index in [4.69, 9.17) is 14.9 Å². The first-order valence-electron chi connectivity index (χ1n) is 9.67. The van der Waals surface area contributed by atoms with Gasteiger partial charge in [0.15, 0.2) is 0 Å². The van der Waals surface area contributed by atoms with E-state index in [1.54, 1.807) is 18.2 Å². The average molecular weight is 390 g/mol. The number of aryl methyl sites for hydroxylation is 1. The fourth-order valence-electron chi connectivity index (χ4n) is 2.10. The van der Waals surface area contributed by atoms with Crippen LogP contribution in [0.3, 0.4) is 0 Å². The molecule has 5 heteroatoms. The molecule has 2 rings (SSSR count). The molecule has 0 bridgehead atoms. The van der Waals surface area contributed by atoms with E-state index in [9.17, 15) is 4.79 Å². The minimum Gasteiger partial charge on any atom is -0.508 e. The second kappa shape index (κ2) is 13.6. The number of aromatic hydroxyl groups is 1. The number of phenolic OH excluding ortho intramolecular Hbond substituents is 1. The van der Waals surface area contributed by atoms with Gasteiger partial charge in [0, 0.05) is 6.54 Å². The molecule has 0 spiro atoms. The Morgan fingerprint density at radius 1 is 1.00 bits per heavy atom. The molecule has 0 radical (unpaired) electrons. The maximum absolute atomic E-state index is 11.5. The minimum atomic E-state index is -0.449. The monoisotopic (exact) mass is 389 g/mol. The Bertz CT molecular complexity index is 693. The Morgan fingerprint density at radius 2 is 1.57 bits per heavy atom. The Hall–Kier alpha value is -2.53. The van der Waals surface area contributed by atoms with Crippen molar-refractivity contribution in [3.05, 3.63) is 65.2 Å². The smallest absolute Gasteiger partial charge is 0.407 e. The Morgan fingerprint density at radius 3 is 2.07 bits per heavy atom. The largest absolute Gasteiger partial charge is 0.508 e. The van der Waals surface area contributed by atoms with Gasteiger partial charge < -0.3 is 20.3 Å². The summed E-state index contributed by atoms with van der Waals surface area (Å²) in [4.78, 5) is 11.5. The van der Waals surface area contributed by atoms with Crippen molar-refractivity contribution in [2.75, 3.05) is 0 Å². The molecule has 0 aliphatic carbocycles. The summed E-state index contributed by atoms with van der Waals surface area (Å²) in [6, 6.07) is 14.7. The number of hydrogen-bond donors (Lipinski definition) is 3. The van der Waals surface area contributed by atoms with Gasteiger partial charge in [-0.3, -0.25) is 0 Å². The van der Waals surface area contributed by atoms with Crippen LogP contribution in [0.4, 0.5) is 4.79 Å². The molecule has 0 unspecified atom stereocenters. The molecule has 0 saturated heterocycles. The lowest BCUT2D eigenvalue weighted by Crippen LogP contribution is -2.32. The van der Waals surface area contributed by atoms with Crippen LogP contribution in [0, 0.1) is 0 Å². The van der Waals surface area contributed by atoms with Gasteiger partial charge in [0.1, 0.15) is 11.4 Å². The molecule has 5 nitrogen and oxygen atoms in total. The summed E-state index contributed by atoms with van der Waals surface area (Å²) in [6.07, 6.45) is 0.625. The van der Waals surface area contributed by atoms with Crippen LogP contribution in [-0.4, -0.2) is 21.9 Å². The number of aliphatic hydroxyl groups is 1. The third-order valence-electron chi connectivity index (χ3n) is 3.33. The van der Waals surface area contributed by atoms with Crippen molar-refractivity contribution in [2.24, 2.45) is 0 Å². The van der Waals surface area contributed by atoms with Crippen LogP contribution in [0.1, 0.15) is 58.2 Å². The van der Waals surface area contributed by atoms with Gasteiger partial charge in [-0.25, -0.2) is 4.79 Å². The summed E-state index contributed by atoms with van der Waals surface area (Å²) in [5, 5.41) is 20.1. The molecule has 0 aromatic heterocycles. The molecule has 2 aromatic carbocycles. The minimum absolute atomic E-state index is 0.0194. The predicted molar refractivity (Wildman–Crippen MR) is 114 cm³/mol. The van der Waals surface area contributed by atoms with Gasteiger partial charge >= 0.3 is 6.09 Å². The van der Waals surface area contributed by atoms with Gasteiger partial charge in [-0.2, -0.15) is 0 Å². The van der Waals surface area contributed by atoms with E-state index in [-0.39, 0.29) is 18.4 Å². The van der Waals surface area contributed by atoms with E-state index in [0.29, 0.717) is 6.54 Å². The summed E-state index contributed by atoms with van der Waals surface area (Å²) in [7, 11) is 0. The molecule has 156 valence electrons. The second-order valence-corrected chi connectivity index (χ2v) is 6.86. The molecule has 3 N–H and O–H groups in total. The lowest BCUT2D eigenvalue weighted by molar-refractivity contribution is 0.0523. The topological polar surface area (TPSA) is 78.8 Å². The summed E-state index contributed by atoms with van der Waals surface area (Å²) >= 11 is 0. The number of phenols is 1. The predicted octanol–water partition coefficient (Wildman–Crippen LogP) is 5.18. The van der Waals surface area contributed by atoms with Crippen molar-refractivity contribution in [1.82, 2.24) is 5.32 Å². The Labute approximate surface area is 169 Å². The quantitative estimate of drug-likeness (QED) is 0.673. The second-order valence-electron chi connectivity index (χ2n) is 6.86. The van der Waals surface area contributed by atoms with Crippen molar-refractivity contribution < 1.29 is 19.7 Å². The number of benzene rings is 2. The molecule has 0 fully saturated rings. The number of carbonyl (C=O) groups is 1. The van der Waals surface area contributed by atoms with E-state index >= 15 is 0 Å². The maximum atomic E-state index is 11.5. The normalized spacial score (nSPS) is 9.96. The van der Waals surface area contributed by atoms with E-state index in [2.05, 4.69) is 24.4 Å². The third kappa shape index (κ3) is 12.0. The third-order valence-corrected chi connectivity index (χ3v) is 3.33. The molecule has 28 heavy (non-hydrogen) atoms. The number of ether oxygens (including phenoxy) is 1. The Kier molecular flexibility index (Phi) is 12.4. The molecule has 0 atom stereocenters. The first-order chi connectivity index (χ1) is 13.2. The van der Waals surface area contributed by atoms with Crippen LogP contribution >= 0.6 is 0 Å². The van der Waals surface area contributed by atoms with Gasteiger partial charge in [0.25, 0.3) is 0 Å². The molecular formula is C23H35NO4. The first-order valence-corrected chi connectivity index (χ1v) is 9.67. The average Bonchev–Trinajstić information content (AvgIpc) is 2.67. The molecule has 2 aromatic rings. The van der Waals surface area contributed by atoms with Crippen LogP contribution in [0.25, 0.3) is 0 Å². The molecule has 0 heterocycles. The van der Waals surface area contributed by atoms with Crippen molar-refractivity contribution in [2.45, 2.75) is 66.7 Å². The summed E-state index contributed by atoms with van der Waals surface area (Å²) in [6.45, 7) is 12.1. The lowest BCUT2D eigenvalue weighted by Gasteiger charge is -2.19. The van der Waals surface area contributed by atoms with Crippen molar-refractivity contribution >= 4 is 6.09 Å². The fraction of sp³-hybridized carbons (Fsp3) is 0.435. The summed E-state index contributed by atoms with van der Waals surface area (Å²) in [5.41, 5.74) is 2.65. The molecule has 0 saturated carbocycles. The van der Waals surface area contributed by atoms with Crippen LogP contribution < -0.4 is 5.32 Å². The van der Waals surface area contributed by atoms with E-state index in [0.717, 1.165) is 17.5 Å². The Balaban J connectivity index is 0.000000556. The van der Waals surface area contributed by atoms with E-state index in [1.807, 2.05) is 46.8 Å². The zero-order valence-corrected chi connectivity index (χ0v) is 18.0. The highest BCUT2D eigenvalue weighted by atomic mass is 16.6. The van der Waals surface area contributed by atoms with Gasteiger partial charge in [-0.1, -0.05) is 57.2 Å². The van der Waals surface area contributed by atoms with Crippen LogP contribution in [0.15, 0.2) is 48.5 Å². The zero-order chi connectivity index (χ0) is 21.6. The lowest BCUT2D eigenvalue weighted by atomic mass is 10.1. The van der Waals surface area contributed by atoms with Crippen molar-refractivity contribution in [3.63, 3.8) is 0 Å². The van der Waals surface area contributed by atoms with Gasteiger partial charge in [0.05, 0.1) is 6.61 Å². The zero-order valence-electron chi connectivity index (χ0n) is 18.0. The van der Waals surface area contributed by atoms with Crippen LogP contribution in [0.5, 0.6) is 5.75 Å². The van der Waals surface area contributed by atoms with Crippen molar-refractivity contribution in [3.8, 4) is 5.75 Å². The van der Waals surface area contributed by atoms with E-state index < -0.39 is 5.60 Å². The number of amides is 1. The number of carbonyl (C=O) groups excluding carboxylic acids is 1. The van der Waals surface area contributed by atoms with Crippen molar-refractivity contribution in [1.29, 1.82) is 0 Å². The number of nitrogens with one attached hydrogen (secondary N) is 1. The number of rotatable bonds is 4. The van der Waals surface area contributed by atoms with Gasteiger partial charge in [-0.15, -0.1) is 0 Å². The number of hydrogen-bond acceptors (Lipinski definition) is 4. The van der Waals surface area contributed by atoms with Gasteiger partial charge in [-0.05, 0) is 56.0 Å².